The van der Waals surface area contributed by atoms with E-state index in [0.717, 1.165) is 6.07 Å². The first-order valence-electron chi connectivity index (χ1n) is 5.27. The highest BCUT2D eigenvalue weighted by Gasteiger charge is 2.44. The zero-order valence-corrected chi connectivity index (χ0v) is 10.2. The van der Waals surface area contributed by atoms with Crippen molar-refractivity contribution in [1.29, 1.82) is 0 Å². The molecule has 0 saturated heterocycles. The van der Waals surface area contributed by atoms with Gasteiger partial charge in [-0.15, -0.1) is 13.2 Å². The van der Waals surface area contributed by atoms with Crippen molar-refractivity contribution in [3.63, 3.8) is 0 Å². The fourth-order valence-corrected chi connectivity index (χ4v) is 1.84. The summed E-state index contributed by atoms with van der Waals surface area (Å²) in [5.41, 5.74) is -1.40. The summed E-state index contributed by atoms with van der Waals surface area (Å²) in [6, 6.07) is 3.84. The Morgan fingerprint density at radius 2 is 1.78 bits per heavy atom. The number of alkyl halides is 3. The summed E-state index contributed by atoms with van der Waals surface area (Å²) >= 11 is 0. The number of benzene rings is 1. The predicted octanol–water partition coefficient (Wildman–Crippen LogP) is 3.74. The maximum atomic E-state index is 12.7. The number of hydrogen-bond donors (Lipinski definition) is 1. The Morgan fingerprint density at radius 1 is 1.22 bits per heavy atom. The summed E-state index contributed by atoms with van der Waals surface area (Å²) in [4.78, 5) is 11.6. The maximum Gasteiger partial charge on any atom is 0.418 e. The molecule has 1 N–H and O–H groups in total. The van der Waals surface area contributed by atoms with Gasteiger partial charge in [0.15, 0.2) is 0 Å². The van der Waals surface area contributed by atoms with Crippen LogP contribution in [0.4, 0.5) is 18.9 Å². The molecule has 1 aliphatic heterocycles. The Hall–Kier alpha value is -1.78. The van der Waals surface area contributed by atoms with Crippen LogP contribution in [-0.2, 0) is 16.4 Å². The van der Waals surface area contributed by atoms with Crippen LogP contribution in [0.25, 0.3) is 0 Å². The summed E-state index contributed by atoms with van der Waals surface area (Å²) in [6.45, 7) is 9.21. The van der Waals surface area contributed by atoms with Crippen molar-refractivity contribution < 1.29 is 18.0 Å². The van der Waals surface area contributed by atoms with Gasteiger partial charge in [0, 0.05) is 0 Å². The van der Waals surface area contributed by atoms with Crippen molar-refractivity contribution in [2.75, 3.05) is 5.32 Å². The Kier molecular flexibility index (Phi) is 3.55. The van der Waals surface area contributed by atoms with Crippen LogP contribution in [0, 0.1) is 0 Å². The number of rotatable bonds is 0. The van der Waals surface area contributed by atoms with Gasteiger partial charge in [-0.1, -0.05) is 12.1 Å². The van der Waals surface area contributed by atoms with E-state index in [1.54, 1.807) is 19.9 Å². The van der Waals surface area contributed by atoms with Crippen LogP contribution in [0.2, 0.25) is 0 Å². The number of carbonyl (C=O) groups excluding carboxylic acids is 1. The minimum absolute atomic E-state index is 0.106. The molecule has 1 amide bonds. The Balaban J connectivity index is 0.000000771. The van der Waals surface area contributed by atoms with Gasteiger partial charge in [-0.2, -0.15) is 13.2 Å². The standard InChI is InChI=1S/C11H10F3NO.C2H4/c1-10(2)6-4-3-5-7(11(12,13)14)8(6)15-9(10)16;1-2/h3-5H,1-2H3,(H,15,16);1-2H2. The van der Waals surface area contributed by atoms with Crippen LogP contribution in [-0.4, -0.2) is 5.91 Å². The number of fused-ring (bicyclic) bond motifs is 1. The molecule has 0 radical (unpaired) electrons. The fraction of sp³-hybridized carbons (Fsp3) is 0.308. The van der Waals surface area contributed by atoms with E-state index in [4.69, 9.17) is 0 Å². The zero-order valence-electron chi connectivity index (χ0n) is 10.2. The van der Waals surface area contributed by atoms with E-state index >= 15 is 0 Å². The topological polar surface area (TPSA) is 29.1 Å². The molecule has 98 valence electrons. The number of amides is 1. The Bertz CT molecular complexity index is 478. The van der Waals surface area contributed by atoms with Crippen LogP contribution in [0.3, 0.4) is 0 Å². The van der Waals surface area contributed by atoms with Crippen molar-refractivity contribution in [3.8, 4) is 0 Å². The van der Waals surface area contributed by atoms with E-state index in [1.165, 1.54) is 6.07 Å². The third-order valence-corrected chi connectivity index (χ3v) is 2.85. The molecule has 1 heterocycles. The molecule has 0 aromatic heterocycles. The molecule has 0 bridgehead atoms. The number of hydrogen-bond acceptors (Lipinski definition) is 1. The first-order valence-corrected chi connectivity index (χ1v) is 5.27. The van der Waals surface area contributed by atoms with Gasteiger partial charge in [-0.05, 0) is 25.5 Å². The fourth-order valence-electron chi connectivity index (χ4n) is 1.84. The molecule has 18 heavy (non-hydrogen) atoms. The molecule has 2 nitrogen and oxygen atoms in total. The van der Waals surface area contributed by atoms with Gasteiger partial charge in [-0.3, -0.25) is 4.79 Å². The van der Waals surface area contributed by atoms with Crippen molar-refractivity contribution >= 4 is 11.6 Å². The summed E-state index contributed by atoms with van der Waals surface area (Å²) in [5, 5.41) is 2.30. The molecular weight excluding hydrogens is 243 g/mol. The van der Waals surface area contributed by atoms with Crippen molar-refractivity contribution in [2.45, 2.75) is 25.4 Å². The number of para-hydroxylation sites is 1. The molecule has 0 atom stereocenters. The summed E-state index contributed by atoms with van der Waals surface area (Å²) in [6.07, 6.45) is -4.45. The van der Waals surface area contributed by atoms with E-state index < -0.39 is 23.1 Å². The number of nitrogens with one attached hydrogen (secondary N) is 1. The Morgan fingerprint density at radius 3 is 2.28 bits per heavy atom. The molecule has 0 unspecified atom stereocenters. The van der Waals surface area contributed by atoms with Crippen molar-refractivity contribution in [3.05, 3.63) is 42.5 Å². The van der Waals surface area contributed by atoms with Crippen molar-refractivity contribution in [2.24, 2.45) is 0 Å². The number of anilines is 1. The lowest BCUT2D eigenvalue weighted by Gasteiger charge is -2.15. The number of carbonyl (C=O) groups is 1. The quantitative estimate of drug-likeness (QED) is 0.705. The average molecular weight is 257 g/mol. The van der Waals surface area contributed by atoms with Crippen LogP contribution < -0.4 is 5.32 Å². The minimum atomic E-state index is -4.45. The first-order chi connectivity index (χ1) is 8.24. The molecule has 0 spiro atoms. The lowest BCUT2D eigenvalue weighted by Crippen LogP contribution is -2.26. The largest absolute Gasteiger partial charge is 0.418 e. The van der Waals surface area contributed by atoms with E-state index in [9.17, 15) is 18.0 Å². The van der Waals surface area contributed by atoms with Gasteiger partial charge in [0.25, 0.3) is 0 Å². The third-order valence-electron chi connectivity index (χ3n) is 2.85. The third kappa shape index (κ3) is 2.12. The highest BCUT2D eigenvalue weighted by atomic mass is 19.4. The number of halogens is 3. The lowest BCUT2D eigenvalue weighted by molar-refractivity contribution is -0.136. The maximum absolute atomic E-state index is 12.7. The molecule has 5 heteroatoms. The van der Waals surface area contributed by atoms with Crippen LogP contribution in [0.15, 0.2) is 31.4 Å². The van der Waals surface area contributed by atoms with Gasteiger partial charge in [0.2, 0.25) is 5.91 Å². The molecule has 0 aliphatic carbocycles. The summed E-state index contributed by atoms with van der Waals surface area (Å²) < 4.78 is 38.0. The molecule has 2 rings (SSSR count). The first kappa shape index (κ1) is 14.3. The van der Waals surface area contributed by atoms with E-state index in [0.29, 0.717) is 5.56 Å². The summed E-state index contributed by atoms with van der Waals surface area (Å²) in [7, 11) is 0. The molecular formula is C13H14F3NO. The van der Waals surface area contributed by atoms with Gasteiger partial charge >= 0.3 is 6.18 Å². The van der Waals surface area contributed by atoms with Gasteiger partial charge in [0.1, 0.15) is 0 Å². The van der Waals surface area contributed by atoms with Gasteiger partial charge in [0.05, 0.1) is 16.7 Å². The molecule has 1 aromatic carbocycles. The van der Waals surface area contributed by atoms with E-state index in [-0.39, 0.29) is 5.69 Å². The zero-order chi connectivity index (χ0) is 14.1. The normalized spacial score (nSPS) is 16.4. The monoisotopic (exact) mass is 257 g/mol. The lowest BCUT2D eigenvalue weighted by atomic mass is 9.85. The second kappa shape index (κ2) is 4.48. The van der Waals surface area contributed by atoms with Gasteiger partial charge in [-0.25, -0.2) is 0 Å². The second-order valence-corrected chi connectivity index (χ2v) is 4.31. The molecule has 0 fully saturated rings. The highest BCUT2D eigenvalue weighted by Crippen LogP contribution is 2.44. The van der Waals surface area contributed by atoms with Crippen LogP contribution in [0.1, 0.15) is 25.0 Å². The van der Waals surface area contributed by atoms with Crippen LogP contribution in [0.5, 0.6) is 0 Å². The Labute approximate surface area is 104 Å². The van der Waals surface area contributed by atoms with Gasteiger partial charge < -0.3 is 5.32 Å². The highest BCUT2D eigenvalue weighted by molar-refractivity contribution is 6.06. The smallest absolute Gasteiger partial charge is 0.324 e. The SMILES string of the molecule is C=C.CC1(C)C(=O)Nc2c(C(F)(F)F)cccc21. The van der Waals surface area contributed by atoms with Crippen molar-refractivity contribution in [1.82, 2.24) is 0 Å². The molecule has 0 saturated carbocycles. The molecule has 1 aliphatic rings. The van der Waals surface area contributed by atoms with Crippen LogP contribution >= 0.6 is 0 Å². The summed E-state index contributed by atoms with van der Waals surface area (Å²) in [5.74, 6) is -0.404. The molecule has 1 aromatic rings. The average Bonchev–Trinajstić information content (AvgIpc) is 2.52. The second-order valence-electron chi connectivity index (χ2n) is 4.31. The van der Waals surface area contributed by atoms with E-state index in [2.05, 4.69) is 18.5 Å². The van der Waals surface area contributed by atoms with E-state index in [1.807, 2.05) is 0 Å². The predicted molar refractivity (Wildman–Crippen MR) is 64.4 cm³/mol. The minimum Gasteiger partial charge on any atom is -0.324 e.